The minimum absolute atomic E-state index is 0.863. The average molecular weight is 679 g/mol. The molecule has 2 aromatic heterocycles. The molecule has 2 heterocycles. The van der Waals surface area contributed by atoms with E-state index in [9.17, 15) is 0 Å². The molecule has 0 unspecified atom stereocenters. The summed E-state index contributed by atoms with van der Waals surface area (Å²) in [6.45, 7) is 0. The third-order valence-electron chi connectivity index (χ3n) is 10.2. The van der Waals surface area contributed by atoms with Gasteiger partial charge in [-0.2, -0.15) is 0 Å². The molecule has 0 radical (unpaired) electrons. The number of hydrogen-bond donors (Lipinski definition) is 0. The number of furan rings is 1. The molecule has 0 atom stereocenters. The van der Waals surface area contributed by atoms with E-state index < -0.39 is 0 Å². The molecule has 0 fully saturated rings. The monoisotopic (exact) mass is 678 g/mol. The molecule has 8 aromatic carbocycles. The minimum atomic E-state index is 0.863. The molecule has 0 aliphatic carbocycles. The Kier molecular flexibility index (Phi) is 7.47. The number of benzene rings is 8. The maximum atomic E-state index is 6.76. The van der Waals surface area contributed by atoms with Gasteiger partial charge in [0.1, 0.15) is 5.58 Å². The van der Waals surface area contributed by atoms with Crippen LogP contribution in [0.1, 0.15) is 0 Å². The van der Waals surface area contributed by atoms with E-state index in [-0.39, 0.29) is 0 Å². The zero-order chi connectivity index (χ0) is 35.1. The van der Waals surface area contributed by atoms with Crippen LogP contribution in [0.4, 0.5) is 17.1 Å². The van der Waals surface area contributed by atoms with E-state index >= 15 is 0 Å². The summed E-state index contributed by atoms with van der Waals surface area (Å²) in [5.74, 6) is 0. The number of anilines is 3. The van der Waals surface area contributed by atoms with Gasteiger partial charge in [0.05, 0.1) is 10.9 Å². The lowest BCUT2D eigenvalue weighted by molar-refractivity contribution is 0.645. The van der Waals surface area contributed by atoms with Crippen LogP contribution in [0.15, 0.2) is 211 Å². The topological polar surface area (TPSA) is 21.3 Å². The summed E-state index contributed by atoms with van der Waals surface area (Å²) in [5, 5.41) is 3.44. The third-order valence-corrected chi connectivity index (χ3v) is 10.2. The number of hydrogen-bond acceptors (Lipinski definition) is 2. The van der Waals surface area contributed by atoms with Crippen molar-refractivity contribution in [3.05, 3.63) is 206 Å². The van der Waals surface area contributed by atoms with E-state index in [4.69, 9.17) is 4.42 Å². The number of rotatable bonds is 7. The van der Waals surface area contributed by atoms with Crippen molar-refractivity contribution in [1.29, 1.82) is 0 Å². The Hall–Kier alpha value is -7.10. The minimum Gasteiger partial charge on any atom is -0.439 e. The predicted octanol–water partition coefficient (Wildman–Crippen LogP) is 14.0. The first-order valence-electron chi connectivity index (χ1n) is 18.0. The van der Waals surface area contributed by atoms with Crippen LogP contribution in [0, 0.1) is 0 Å². The van der Waals surface area contributed by atoms with Crippen LogP contribution in [0.3, 0.4) is 0 Å². The van der Waals surface area contributed by atoms with Gasteiger partial charge < -0.3 is 9.32 Å². The number of nitrogens with zero attached hydrogens (tertiary/aromatic N) is 2. The fourth-order valence-corrected chi connectivity index (χ4v) is 7.66. The Morgan fingerprint density at radius 1 is 0.358 bits per heavy atom. The molecule has 53 heavy (non-hydrogen) atoms. The molecule has 3 heteroatoms. The van der Waals surface area contributed by atoms with Crippen molar-refractivity contribution in [3.8, 4) is 39.1 Å². The zero-order valence-corrected chi connectivity index (χ0v) is 28.9. The first kappa shape index (κ1) is 30.7. The molecular formula is C50H34N2O. The predicted molar refractivity (Wildman–Crippen MR) is 222 cm³/mol. The van der Waals surface area contributed by atoms with Crippen LogP contribution in [0.25, 0.3) is 72.0 Å². The van der Waals surface area contributed by atoms with Crippen LogP contribution in [0.5, 0.6) is 0 Å². The van der Waals surface area contributed by atoms with Crippen LogP contribution in [-0.2, 0) is 0 Å². The number of aromatic nitrogens is 1. The molecule has 10 rings (SSSR count). The van der Waals surface area contributed by atoms with Gasteiger partial charge in [-0.25, -0.2) is 0 Å². The lowest BCUT2D eigenvalue weighted by Gasteiger charge is -2.27. The van der Waals surface area contributed by atoms with Gasteiger partial charge in [-0.3, -0.25) is 4.57 Å². The van der Waals surface area contributed by atoms with Crippen LogP contribution >= 0.6 is 0 Å². The Labute approximate surface area is 308 Å². The summed E-state index contributed by atoms with van der Waals surface area (Å²) in [7, 11) is 0. The van der Waals surface area contributed by atoms with Gasteiger partial charge in [-0.15, -0.1) is 0 Å². The van der Waals surface area contributed by atoms with Gasteiger partial charge in [0.15, 0.2) is 0 Å². The Morgan fingerprint density at radius 3 is 1.55 bits per heavy atom. The van der Waals surface area contributed by atoms with Crippen LogP contribution < -0.4 is 4.90 Å². The average Bonchev–Trinajstić information content (AvgIpc) is 3.76. The molecule has 0 aliphatic heterocycles. The fourth-order valence-electron chi connectivity index (χ4n) is 7.66. The maximum Gasteiger partial charge on any atom is 0.213 e. The van der Waals surface area contributed by atoms with Crippen LogP contribution in [0.2, 0.25) is 0 Å². The summed E-state index contributed by atoms with van der Waals surface area (Å²) >= 11 is 0. The SMILES string of the molecule is c1ccc(-c2ccc(N(c3cccc(-c4ccccc4)c3)c3cccc(-c4ccc5c(c4)oc4c5c5ccccc5n4-c4ccccc4)c3)cc2)cc1. The van der Waals surface area contributed by atoms with E-state index in [2.05, 4.69) is 210 Å². The van der Waals surface area contributed by atoms with Crippen molar-refractivity contribution in [2.24, 2.45) is 0 Å². The molecular weight excluding hydrogens is 645 g/mol. The summed E-state index contributed by atoms with van der Waals surface area (Å²) < 4.78 is 8.99. The summed E-state index contributed by atoms with van der Waals surface area (Å²) in [4.78, 5) is 2.35. The van der Waals surface area contributed by atoms with Gasteiger partial charge in [0, 0.05) is 33.5 Å². The smallest absolute Gasteiger partial charge is 0.213 e. The molecule has 10 aromatic rings. The van der Waals surface area contributed by atoms with E-state index in [0.29, 0.717) is 0 Å². The van der Waals surface area contributed by atoms with E-state index in [1.807, 2.05) is 6.07 Å². The van der Waals surface area contributed by atoms with Crippen molar-refractivity contribution in [3.63, 3.8) is 0 Å². The van der Waals surface area contributed by atoms with Crippen LogP contribution in [-0.4, -0.2) is 4.57 Å². The van der Waals surface area contributed by atoms with Crippen molar-refractivity contribution in [2.75, 3.05) is 4.90 Å². The second-order valence-corrected chi connectivity index (χ2v) is 13.4. The van der Waals surface area contributed by atoms with E-state index in [1.54, 1.807) is 0 Å². The Morgan fingerprint density at radius 2 is 0.868 bits per heavy atom. The first-order valence-corrected chi connectivity index (χ1v) is 18.0. The highest BCUT2D eigenvalue weighted by atomic mass is 16.3. The van der Waals surface area contributed by atoms with Gasteiger partial charge >= 0.3 is 0 Å². The van der Waals surface area contributed by atoms with E-state index in [1.165, 1.54) is 27.6 Å². The molecule has 0 amide bonds. The molecule has 0 saturated carbocycles. The lowest BCUT2D eigenvalue weighted by atomic mass is 10.0. The molecule has 0 N–H and O–H groups in total. The molecule has 0 aliphatic rings. The van der Waals surface area contributed by atoms with E-state index in [0.717, 1.165) is 61.5 Å². The number of para-hydroxylation sites is 2. The normalized spacial score (nSPS) is 11.4. The van der Waals surface area contributed by atoms with Gasteiger partial charge in [0.2, 0.25) is 5.71 Å². The summed E-state index contributed by atoms with van der Waals surface area (Å²) in [6.07, 6.45) is 0. The Balaban J connectivity index is 1.09. The fraction of sp³-hybridized carbons (Fsp3) is 0. The zero-order valence-electron chi connectivity index (χ0n) is 28.9. The first-order chi connectivity index (χ1) is 26.3. The van der Waals surface area contributed by atoms with Crippen molar-refractivity contribution >= 4 is 50.0 Å². The maximum absolute atomic E-state index is 6.76. The van der Waals surface area contributed by atoms with Crippen molar-refractivity contribution in [1.82, 2.24) is 4.57 Å². The second kappa shape index (κ2) is 12.9. The summed E-state index contributed by atoms with van der Waals surface area (Å²) in [5.41, 5.74) is 14.2. The molecule has 3 nitrogen and oxygen atoms in total. The third kappa shape index (κ3) is 5.47. The van der Waals surface area contributed by atoms with Crippen molar-refractivity contribution in [2.45, 2.75) is 0 Å². The highest BCUT2D eigenvalue weighted by Crippen LogP contribution is 2.42. The quantitative estimate of drug-likeness (QED) is 0.167. The largest absolute Gasteiger partial charge is 0.439 e. The summed E-state index contributed by atoms with van der Waals surface area (Å²) in [6, 6.07) is 73.2. The standard InChI is InChI=1S/C50H34N2O/c1-4-14-35(15-5-1)37-26-29-42(30-27-37)51(43-22-12-18-38(32-43)36-16-6-2-7-17-36)44-23-13-19-39(33-44)40-28-31-46-48(34-40)53-50-49(46)45-24-10-11-25-47(45)52(50)41-20-8-3-9-21-41/h1-34H. The molecule has 0 bridgehead atoms. The van der Waals surface area contributed by atoms with Gasteiger partial charge in [-0.1, -0.05) is 140 Å². The van der Waals surface area contributed by atoms with Crippen molar-refractivity contribution < 1.29 is 4.42 Å². The lowest BCUT2D eigenvalue weighted by Crippen LogP contribution is -2.10. The molecule has 0 spiro atoms. The Bertz CT molecular complexity index is 2870. The molecule has 250 valence electrons. The molecule has 0 saturated heterocycles. The van der Waals surface area contributed by atoms with Gasteiger partial charge in [0.25, 0.3) is 0 Å². The van der Waals surface area contributed by atoms with Gasteiger partial charge in [-0.05, 0) is 100 Å². The highest BCUT2D eigenvalue weighted by molar-refractivity contribution is 6.20. The highest BCUT2D eigenvalue weighted by Gasteiger charge is 2.20. The number of fused-ring (bicyclic) bond motifs is 5. The second-order valence-electron chi connectivity index (χ2n) is 13.4.